The van der Waals surface area contributed by atoms with E-state index in [-0.39, 0.29) is 19.6 Å². The van der Waals surface area contributed by atoms with Crippen LogP contribution in [0.25, 0.3) is 0 Å². The number of nitrogens with zero attached hydrogens (tertiary/aromatic N) is 1. The Labute approximate surface area is 112 Å². The minimum Gasteiger partial charge on any atom is -0.465 e. The van der Waals surface area contributed by atoms with Crippen LogP contribution in [0.2, 0.25) is 0 Å². The summed E-state index contributed by atoms with van der Waals surface area (Å²) in [6.07, 6.45) is 1.83. The van der Waals surface area contributed by atoms with Gasteiger partial charge in [-0.2, -0.15) is 0 Å². The topological polar surface area (TPSA) is 65.5 Å². The van der Waals surface area contributed by atoms with Crippen molar-refractivity contribution in [1.82, 2.24) is 4.98 Å². The number of hydrogen-bond acceptors (Lipinski definition) is 5. The average Bonchev–Trinajstić information content (AvgIpc) is 2.38. The second-order valence-electron chi connectivity index (χ2n) is 4.03. The van der Waals surface area contributed by atoms with E-state index < -0.39 is 17.9 Å². The Kier molecular flexibility index (Phi) is 5.99. The maximum Gasteiger partial charge on any atom is 0.320 e. The number of hydrogen-bond donors (Lipinski definition) is 0. The molecule has 0 aliphatic heterocycles. The number of esters is 2. The molecule has 0 N–H and O–H groups in total. The minimum absolute atomic E-state index is 0.199. The van der Waals surface area contributed by atoms with Gasteiger partial charge in [-0.05, 0) is 32.4 Å². The van der Waals surface area contributed by atoms with Crippen LogP contribution < -0.4 is 0 Å². The van der Waals surface area contributed by atoms with E-state index in [9.17, 15) is 9.59 Å². The lowest BCUT2D eigenvalue weighted by Gasteiger charge is -2.14. The van der Waals surface area contributed by atoms with E-state index in [0.29, 0.717) is 5.69 Å². The highest BCUT2D eigenvalue weighted by molar-refractivity contribution is 5.95. The van der Waals surface area contributed by atoms with Crippen molar-refractivity contribution in [3.05, 3.63) is 29.6 Å². The van der Waals surface area contributed by atoms with Gasteiger partial charge in [0.15, 0.2) is 5.92 Å². The zero-order chi connectivity index (χ0) is 14.3. The normalized spacial score (nSPS) is 10.3. The molecule has 0 bridgehead atoms. The maximum absolute atomic E-state index is 11.8. The molecule has 1 aromatic rings. The van der Waals surface area contributed by atoms with Gasteiger partial charge in [-0.25, -0.2) is 0 Å². The number of aromatic nitrogens is 1. The molecule has 0 saturated heterocycles. The molecule has 1 heterocycles. The fourth-order valence-corrected chi connectivity index (χ4v) is 1.67. The molecule has 0 unspecified atom stereocenters. The lowest BCUT2D eigenvalue weighted by Crippen LogP contribution is -2.30. The van der Waals surface area contributed by atoms with Crippen LogP contribution in [0.4, 0.5) is 0 Å². The van der Waals surface area contributed by atoms with Crippen LogP contribution in [0, 0.1) is 12.8 Å². The summed E-state index contributed by atoms with van der Waals surface area (Å²) < 4.78 is 9.83. The Morgan fingerprint density at radius 3 is 2.26 bits per heavy atom. The fraction of sp³-hybridized carbons (Fsp3) is 0.500. The van der Waals surface area contributed by atoms with E-state index in [1.165, 1.54) is 0 Å². The second-order valence-corrected chi connectivity index (χ2v) is 4.03. The van der Waals surface area contributed by atoms with Crippen molar-refractivity contribution in [3.63, 3.8) is 0 Å². The molecule has 0 aliphatic carbocycles. The molecule has 1 aromatic heterocycles. The van der Waals surface area contributed by atoms with Crippen molar-refractivity contribution in [2.75, 3.05) is 13.2 Å². The minimum atomic E-state index is -0.950. The lowest BCUT2D eigenvalue weighted by molar-refractivity contribution is -0.161. The lowest BCUT2D eigenvalue weighted by atomic mass is 10.0. The maximum atomic E-state index is 11.8. The van der Waals surface area contributed by atoms with Gasteiger partial charge in [-0.15, -0.1) is 0 Å². The number of carbonyl (C=O) groups excluding carboxylic acids is 2. The van der Waals surface area contributed by atoms with E-state index in [2.05, 4.69) is 4.98 Å². The van der Waals surface area contributed by atoms with Crippen molar-refractivity contribution in [3.8, 4) is 0 Å². The van der Waals surface area contributed by atoms with Gasteiger partial charge in [-0.1, -0.05) is 6.07 Å². The first-order valence-corrected chi connectivity index (χ1v) is 6.33. The predicted molar refractivity (Wildman–Crippen MR) is 69.4 cm³/mol. The zero-order valence-electron chi connectivity index (χ0n) is 11.5. The van der Waals surface area contributed by atoms with Gasteiger partial charge in [0.25, 0.3) is 0 Å². The van der Waals surface area contributed by atoms with Gasteiger partial charge < -0.3 is 9.47 Å². The summed E-state index contributed by atoms with van der Waals surface area (Å²) in [7, 11) is 0. The molecule has 0 radical (unpaired) electrons. The molecule has 0 aromatic carbocycles. The van der Waals surface area contributed by atoms with Crippen molar-refractivity contribution in [1.29, 1.82) is 0 Å². The van der Waals surface area contributed by atoms with Crippen LogP contribution in [0.5, 0.6) is 0 Å². The van der Waals surface area contributed by atoms with Crippen molar-refractivity contribution in [2.45, 2.75) is 27.2 Å². The van der Waals surface area contributed by atoms with E-state index in [4.69, 9.17) is 9.47 Å². The Morgan fingerprint density at radius 1 is 1.21 bits per heavy atom. The van der Waals surface area contributed by atoms with Gasteiger partial charge in [0.2, 0.25) is 0 Å². The third-order valence-corrected chi connectivity index (χ3v) is 2.66. The molecule has 0 atom stereocenters. The molecule has 0 aliphatic rings. The SMILES string of the molecule is CCOC(=O)C(Cc1ncccc1C)C(=O)OCC. The summed E-state index contributed by atoms with van der Waals surface area (Å²) in [6.45, 7) is 5.75. The first kappa shape index (κ1) is 15.1. The molecule has 104 valence electrons. The van der Waals surface area contributed by atoms with Crippen LogP contribution >= 0.6 is 0 Å². The third-order valence-electron chi connectivity index (χ3n) is 2.66. The number of rotatable bonds is 6. The zero-order valence-corrected chi connectivity index (χ0v) is 11.5. The van der Waals surface area contributed by atoms with Crippen LogP contribution in [-0.4, -0.2) is 30.1 Å². The highest BCUT2D eigenvalue weighted by Gasteiger charge is 2.30. The van der Waals surface area contributed by atoms with E-state index in [1.54, 1.807) is 20.0 Å². The molecule has 5 heteroatoms. The summed E-state index contributed by atoms with van der Waals surface area (Å²) in [5.41, 5.74) is 1.63. The number of aryl methyl sites for hydroxylation is 1. The molecule has 5 nitrogen and oxygen atoms in total. The van der Waals surface area contributed by atoms with Crippen molar-refractivity contribution in [2.24, 2.45) is 5.92 Å². The highest BCUT2D eigenvalue weighted by atomic mass is 16.6. The largest absolute Gasteiger partial charge is 0.465 e. The Hall–Kier alpha value is -1.91. The molecule has 0 spiro atoms. The Morgan fingerprint density at radius 2 is 1.79 bits per heavy atom. The van der Waals surface area contributed by atoms with Gasteiger partial charge in [0.05, 0.1) is 13.2 Å². The molecule has 0 amide bonds. The third kappa shape index (κ3) is 4.35. The van der Waals surface area contributed by atoms with E-state index in [1.807, 2.05) is 19.1 Å². The molecule has 0 fully saturated rings. The smallest absolute Gasteiger partial charge is 0.320 e. The van der Waals surface area contributed by atoms with Crippen LogP contribution in [-0.2, 0) is 25.5 Å². The molecule has 19 heavy (non-hydrogen) atoms. The van der Waals surface area contributed by atoms with E-state index >= 15 is 0 Å². The molecule has 0 saturated carbocycles. The van der Waals surface area contributed by atoms with Gasteiger partial charge in [0.1, 0.15) is 0 Å². The van der Waals surface area contributed by atoms with Crippen molar-refractivity contribution >= 4 is 11.9 Å². The fourth-order valence-electron chi connectivity index (χ4n) is 1.67. The van der Waals surface area contributed by atoms with Crippen LogP contribution in [0.1, 0.15) is 25.1 Å². The summed E-state index contributed by atoms with van der Waals surface area (Å²) in [6, 6.07) is 3.69. The summed E-state index contributed by atoms with van der Waals surface area (Å²) >= 11 is 0. The monoisotopic (exact) mass is 265 g/mol. The quantitative estimate of drug-likeness (QED) is 0.578. The van der Waals surface area contributed by atoms with E-state index in [0.717, 1.165) is 5.56 Å². The van der Waals surface area contributed by atoms with Crippen LogP contribution in [0.15, 0.2) is 18.3 Å². The molecular formula is C14H19NO4. The highest BCUT2D eigenvalue weighted by Crippen LogP contribution is 2.14. The van der Waals surface area contributed by atoms with Gasteiger partial charge in [-0.3, -0.25) is 14.6 Å². The molecular weight excluding hydrogens is 246 g/mol. The number of carbonyl (C=O) groups is 2. The average molecular weight is 265 g/mol. The van der Waals surface area contributed by atoms with Gasteiger partial charge >= 0.3 is 11.9 Å². The second kappa shape index (κ2) is 7.51. The summed E-state index contributed by atoms with van der Waals surface area (Å²) in [5.74, 6) is -2.08. The predicted octanol–water partition coefficient (Wildman–Crippen LogP) is 1.67. The summed E-state index contributed by atoms with van der Waals surface area (Å²) in [4.78, 5) is 27.8. The number of ether oxygens (including phenoxy) is 2. The Bertz CT molecular complexity index is 427. The first-order chi connectivity index (χ1) is 9.10. The number of pyridine rings is 1. The van der Waals surface area contributed by atoms with Crippen LogP contribution in [0.3, 0.4) is 0 Å². The van der Waals surface area contributed by atoms with Crippen molar-refractivity contribution < 1.29 is 19.1 Å². The Balaban J connectivity index is 2.88. The first-order valence-electron chi connectivity index (χ1n) is 6.33. The van der Waals surface area contributed by atoms with Gasteiger partial charge in [0, 0.05) is 18.3 Å². The standard InChI is InChI=1S/C14H19NO4/c1-4-18-13(16)11(14(17)19-5-2)9-12-10(3)7-6-8-15-12/h6-8,11H,4-5,9H2,1-3H3. The molecule has 1 rings (SSSR count). The summed E-state index contributed by atoms with van der Waals surface area (Å²) in [5, 5.41) is 0.